The number of phenolic OH excluding ortho intramolecular Hbond substituents is 1. The lowest BCUT2D eigenvalue weighted by atomic mass is 9.97. The zero-order chi connectivity index (χ0) is 27.8. The maximum Gasteiger partial charge on any atom is 0.282 e. The van der Waals surface area contributed by atoms with Gasteiger partial charge in [-0.3, -0.25) is 9.48 Å². The van der Waals surface area contributed by atoms with E-state index in [1.165, 1.54) is 16.2 Å². The van der Waals surface area contributed by atoms with Crippen LogP contribution in [-0.4, -0.2) is 49.5 Å². The second kappa shape index (κ2) is 10.9. The van der Waals surface area contributed by atoms with Gasteiger partial charge in [-0.1, -0.05) is 5.16 Å². The number of aromatic nitrogens is 3. The molecule has 2 aliphatic rings. The number of thiazole rings is 1. The van der Waals surface area contributed by atoms with Crippen molar-refractivity contribution in [3.8, 4) is 5.75 Å². The number of hydrogen-bond acceptors (Lipinski definition) is 7. The molecule has 0 bridgehead atoms. The Bertz CT molecular complexity index is 1380. The van der Waals surface area contributed by atoms with E-state index in [0.717, 1.165) is 17.1 Å². The van der Waals surface area contributed by atoms with Crippen LogP contribution in [0.25, 0.3) is 0 Å². The molecule has 5 rings (SSSR count). The van der Waals surface area contributed by atoms with E-state index in [1.807, 2.05) is 0 Å². The number of alkyl halides is 4. The van der Waals surface area contributed by atoms with Crippen molar-refractivity contribution in [1.82, 2.24) is 19.7 Å². The van der Waals surface area contributed by atoms with Gasteiger partial charge in [0.15, 0.2) is 6.10 Å². The molecule has 1 fully saturated rings. The molecule has 4 heterocycles. The minimum atomic E-state index is -3.05. The van der Waals surface area contributed by atoms with E-state index in [4.69, 9.17) is 4.84 Å². The summed E-state index contributed by atoms with van der Waals surface area (Å²) in [5, 5.41) is 19.3. The smallest absolute Gasteiger partial charge is 0.282 e. The average Bonchev–Trinajstić information content (AvgIpc) is 3.63. The van der Waals surface area contributed by atoms with Crippen LogP contribution in [0.2, 0.25) is 0 Å². The number of phenols is 1. The highest BCUT2D eigenvalue weighted by molar-refractivity contribution is 7.10. The number of likely N-dealkylation sites (tertiary alicyclic amines) is 1. The monoisotopic (exact) mass is 573 g/mol. The Balaban J connectivity index is 1.18. The number of rotatable bonds is 7. The van der Waals surface area contributed by atoms with Crippen molar-refractivity contribution in [2.45, 2.75) is 50.7 Å². The third kappa shape index (κ3) is 5.58. The Hall–Kier alpha value is -3.62. The molecule has 39 heavy (non-hydrogen) atoms. The number of oxime groups is 1. The molecule has 8 nitrogen and oxygen atoms in total. The number of amides is 1. The Morgan fingerprint density at radius 3 is 2.44 bits per heavy atom. The highest BCUT2D eigenvalue weighted by atomic mass is 32.1. The SMILES string of the molecule is O=C(Cn1nc(C(F)F)cc1C(F)F)N1CCC(c2nc(C3=NOC(c4c(F)cc(O)cc4F)C3)cs2)CC1. The zero-order valence-electron chi connectivity index (χ0n) is 20.0. The lowest BCUT2D eigenvalue weighted by molar-refractivity contribution is -0.133. The van der Waals surface area contributed by atoms with Crippen molar-refractivity contribution in [3.05, 3.63) is 62.9 Å². The Kier molecular flexibility index (Phi) is 7.51. The molecule has 0 aliphatic carbocycles. The molecule has 1 saturated heterocycles. The summed E-state index contributed by atoms with van der Waals surface area (Å²) in [6, 6.07) is 2.20. The van der Waals surface area contributed by atoms with Crippen molar-refractivity contribution in [2.75, 3.05) is 13.1 Å². The van der Waals surface area contributed by atoms with Crippen molar-refractivity contribution >= 4 is 23.0 Å². The molecule has 1 N–H and O–H groups in total. The van der Waals surface area contributed by atoms with Crippen LogP contribution in [0.15, 0.2) is 28.7 Å². The first-order valence-corrected chi connectivity index (χ1v) is 12.8. The van der Waals surface area contributed by atoms with Crippen molar-refractivity contribution in [3.63, 3.8) is 0 Å². The lowest BCUT2D eigenvalue weighted by Crippen LogP contribution is -2.40. The average molecular weight is 574 g/mol. The van der Waals surface area contributed by atoms with E-state index in [0.29, 0.717) is 48.1 Å². The van der Waals surface area contributed by atoms with E-state index in [-0.39, 0.29) is 17.9 Å². The van der Waals surface area contributed by atoms with E-state index < -0.39 is 60.2 Å². The van der Waals surface area contributed by atoms with Crippen molar-refractivity contribution in [2.24, 2.45) is 5.16 Å². The molecule has 0 saturated carbocycles. The molecule has 0 radical (unpaired) electrons. The predicted octanol–water partition coefficient (Wildman–Crippen LogP) is 5.47. The number of nitrogens with zero attached hydrogens (tertiary/aromatic N) is 5. The second-order valence-electron chi connectivity index (χ2n) is 9.14. The van der Waals surface area contributed by atoms with Crippen molar-refractivity contribution < 1.29 is 41.1 Å². The number of carbonyl (C=O) groups excluding carboxylic acids is 1. The van der Waals surface area contributed by atoms with E-state index in [1.54, 1.807) is 5.38 Å². The standard InChI is InChI=1S/C24H21F6N5O3S/c25-13-5-12(36)6-14(26)21(13)19-8-15(33-38-19)17-10-39-24(31-17)11-1-3-34(4-2-11)20(37)9-35-18(23(29)30)7-16(32-35)22(27)28/h5-7,10-11,19,22-23,36H,1-4,8-9H2. The Morgan fingerprint density at radius 2 is 1.79 bits per heavy atom. The van der Waals surface area contributed by atoms with Crippen LogP contribution in [0.5, 0.6) is 5.75 Å². The number of hydrogen-bond donors (Lipinski definition) is 1. The fraction of sp³-hybridized carbons (Fsp3) is 0.417. The molecule has 1 unspecified atom stereocenters. The van der Waals surface area contributed by atoms with Crippen LogP contribution in [0.4, 0.5) is 26.3 Å². The highest BCUT2D eigenvalue weighted by Crippen LogP contribution is 2.36. The van der Waals surface area contributed by atoms with Crippen LogP contribution >= 0.6 is 11.3 Å². The summed E-state index contributed by atoms with van der Waals surface area (Å²) in [4.78, 5) is 24.0. The summed E-state index contributed by atoms with van der Waals surface area (Å²) in [5.41, 5.74) is -0.956. The fourth-order valence-corrected chi connectivity index (χ4v) is 5.63. The number of benzene rings is 1. The number of halogens is 6. The van der Waals surface area contributed by atoms with Crippen LogP contribution in [0, 0.1) is 11.6 Å². The van der Waals surface area contributed by atoms with Gasteiger partial charge in [-0.05, 0) is 18.9 Å². The van der Waals surface area contributed by atoms with E-state index >= 15 is 0 Å². The maximum absolute atomic E-state index is 14.2. The van der Waals surface area contributed by atoms with Gasteiger partial charge < -0.3 is 14.8 Å². The van der Waals surface area contributed by atoms with E-state index in [9.17, 15) is 36.2 Å². The molecule has 0 spiro atoms. The summed E-state index contributed by atoms with van der Waals surface area (Å²) >= 11 is 1.37. The third-order valence-corrected chi connectivity index (χ3v) is 7.64. The second-order valence-corrected chi connectivity index (χ2v) is 10.0. The third-order valence-electron chi connectivity index (χ3n) is 6.63. The topological polar surface area (TPSA) is 92.8 Å². The summed E-state index contributed by atoms with van der Waals surface area (Å²) < 4.78 is 81.2. The van der Waals surface area contributed by atoms with Crippen LogP contribution in [-0.2, 0) is 16.2 Å². The largest absolute Gasteiger partial charge is 0.508 e. The Morgan fingerprint density at radius 1 is 1.10 bits per heavy atom. The lowest BCUT2D eigenvalue weighted by Gasteiger charge is -2.31. The normalized spacial score (nSPS) is 18.2. The summed E-state index contributed by atoms with van der Waals surface area (Å²) in [6.07, 6.45) is -5.92. The zero-order valence-corrected chi connectivity index (χ0v) is 20.9. The molecule has 15 heteroatoms. The first-order chi connectivity index (χ1) is 18.6. The maximum atomic E-state index is 14.2. The Labute approximate surface area is 221 Å². The number of aromatic hydroxyl groups is 1. The van der Waals surface area contributed by atoms with Gasteiger partial charge in [0.05, 0.1) is 16.3 Å². The molecule has 3 aromatic rings. The molecular weight excluding hydrogens is 552 g/mol. The van der Waals surface area contributed by atoms with Crippen LogP contribution < -0.4 is 0 Å². The molecule has 1 amide bonds. The van der Waals surface area contributed by atoms with Gasteiger partial charge in [0.25, 0.3) is 12.9 Å². The fourth-order valence-electron chi connectivity index (χ4n) is 4.63. The van der Waals surface area contributed by atoms with Gasteiger partial charge in [0.2, 0.25) is 5.91 Å². The first kappa shape index (κ1) is 27.0. The summed E-state index contributed by atoms with van der Waals surface area (Å²) in [5.74, 6) is -2.92. The van der Waals surface area contributed by atoms with Crippen LogP contribution in [0.3, 0.4) is 0 Å². The quantitative estimate of drug-likeness (QED) is 0.379. The molecule has 2 aromatic heterocycles. The molecular formula is C24H21F6N5O3S. The van der Waals surface area contributed by atoms with Gasteiger partial charge in [0.1, 0.15) is 41.0 Å². The number of carbonyl (C=O) groups is 1. The van der Waals surface area contributed by atoms with Gasteiger partial charge in [-0.15, -0.1) is 11.3 Å². The number of piperidine rings is 1. The van der Waals surface area contributed by atoms with Gasteiger partial charge in [0, 0.05) is 42.9 Å². The summed E-state index contributed by atoms with van der Waals surface area (Å²) in [6.45, 7) is 0.0650. The van der Waals surface area contributed by atoms with Gasteiger partial charge >= 0.3 is 0 Å². The van der Waals surface area contributed by atoms with E-state index in [2.05, 4.69) is 15.2 Å². The first-order valence-electron chi connectivity index (χ1n) is 11.9. The van der Waals surface area contributed by atoms with Crippen LogP contribution in [0.1, 0.15) is 71.8 Å². The highest BCUT2D eigenvalue weighted by Gasteiger charge is 2.32. The minimum Gasteiger partial charge on any atom is -0.508 e. The van der Waals surface area contributed by atoms with Crippen molar-refractivity contribution in [1.29, 1.82) is 0 Å². The molecule has 2 aliphatic heterocycles. The molecule has 1 aromatic carbocycles. The molecule has 1 atom stereocenters. The minimum absolute atomic E-state index is 0.00488. The summed E-state index contributed by atoms with van der Waals surface area (Å²) in [7, 11) is 0. The van der Waals surface area contributed by atoms with Gasteiger partial charge in [-0.25, -0.2) is 31.3 Å². The molecule has 208 valence electrons. The predicted molar refractivity (Wildman–Crippen MR) is 126 cm³/mol. The van der Waals surface area contributed by atoms with Gasteiger partial charge in [-0.2, -0.15) is 5.10 Å².